The molecule has 1 aliphatic rings. The lowest BCUT2D eigenvalue weighted by atomic mass is 10.1. The number of carbonyl (C=O) groups excluding carboxylic acids is 2. The SMILES string of the molecule is CNC(=O)Nc1ccc(-c2nc(-c3ccc(NC(=O)Nc4cccnc4)cc3)nc(N3C(C)COCC3C)n2)cc1. The number of amides is 4. The Balaban J connectivity index is 1.43. The lowest BCUT2D eigenvalue weighted by Crippen LogP contribution is -2.50. The van der Waals surface area contributed by atoms with Crippen molar-refractivity contribution in [2.75, 3.05) is 41.1 Å². The molecule has 2 aromatic carbocycles. The summed E-state index contributed by atoms with van der Waals surface area (Å²) >= 11 is 0. The van der Waals surface area contributed by atoms with Gasteiger partial charge in [0.2, 0.25) is 5.95 Å². The van der Waals surface area contributed by atoms with Gasteiger partial charge in [-0.05, 0) is 74.5 Å². The average molecular weight is 554 g/mol. The molecule has 5 rings (SSSR count). The van der Waals surface area contributed by atoms with E-state index in [1.807, 2.05) is 24.3 Å². The molecule has 2 unspecified atom stereocenters. The maximum Gasteiger partial charge on any atom is 0.323 e. The number of pyridine rings is 1. The maximum absolute atomic E-state index is 12.4. The van der Waals surface area contributed by atoms with Crippen molar-refractivity contribution in [3.8, 4) is 22.8 Å². The van der Waals surface area contributed by atoms with Crippen LogP contribution in [0.1, 0.15) is 13.8 Å². The van der Waals surface area contributed by atoms with Gasteiger partial charge < -0.3 is 30.9 Å². The van der Waals surface area contributed by atoms with Crippen LogP contribution in [0.15, 0.2) is 73.1 Å². The Bertz CT molecular complexity index is 1490. The highest BCUT2D eigenvalue weighted by atomic mass is 16.5. The molecule has 0 aliphatic carbocycles. The molecule has 0 bridgehead atoms. The number of rotatable bonds is 6. The van der Waals surface area contributed by atoms with Crippen LogP contribution in [0, 0.1) is 0 Å². The fourth-order valence-corrected chi connectivity index (χ4v) is 4.47. The summed E-state index contributed by atoms with van der Waals surface area (Å²) in [6.45, 7) is 5.30. The Hall–Kier alpha value is -5.10. The summed E-state index contributed by atoms with van der Waals surface area (Å²) in [7, 11) is 1.56. The van der Waals surface area contributed by atoms with Gasteiger partial charge >= 0.3 is 12.1 Å². The molecule has 41 heavy (non-hydrogen) atoms. The quantitative estimate of drug-likeness (QED) is 0.271. The highest BCUT2D eigenvalue weighted by molar-refractivity contribution is 5.99. The zero-order chi connectivity index (χ0) is 28.8. The van der Waals surface area contributed by atoms with E-state index < -0.39 is 0 Å². The fraction of sp³-hybridized carbons (Fsp3) is 0.241. The third-order valence-corrected chi connectivity index (χ3v) is 6.47. The molecule has 0 spiro atoms. The molecule has 3 heterocycles. The van der Waals surface area contributed by atoms with Crippen molar-refractivity contribution >= 4 is 35.1 Å². The number of anilines is 4. The molecule has 4 amide bonds. The highest BCUT2D eigenvalue weighted by Crippen LogP contribution is 2.28. The molecule has 1 fully saturated rings. The van der Waals surface area contributed by atoms with Crippen molar-refractivity contribution in [1.29, 1.82) is 0 Å². The second-order valence-corrected chi connectivity index (χ2v) is 9.61. The maximum atomic E-state index is 12.4. The van der Waals surface area contributed by atoms with Gasteiger partial charge in [0.1, 0.15) is 0 Å². The molecule has 12 nitrogen and oxygen atoms in total. The largest absolute Gasteiger partial charge is 0.377 e. The molecule has 2 aromatic heterocycles. The summed E-state index contributed by atoms with van der Waals surface area (Å²) in [6, 6.07) is 17.6. The lowest BCUT2D eigenvalue weighted by Gasteiger charge is -2.38. The van der Waals surface area contributed by atoms with Crippen molar-refractivity contribution in [2.24, 2.45) is 0 Å². The van der Waals surface area contributed by atoms with Crippen molar-refractivity contribution in [3.05, 3.63) is 73.1 Å². The topological polar surface area (TPSA) is 146 Å². The van der Waals surface area contributed by atoms with Crippen LogP contribution >= 0.6 is 0 Å². The van der Waals surface area contributed by atoms with Gasteiger partial charge in [0, 0.05) is 35.7 Å². The smallest absolute Gasteiger partial charge is 0.323 e. The Labute approximate surface area is 237 Å². The van der Waals surface area contributed by atoms with Gasteiger partial charge in [-0.3, -0.25) is 4.98 Å². The summed E-state index contributed by atoms with van der Waals surface area (Å²) in [5, 5.41) is 10.8. The van der Waals surface area contributed by atoms with Crippen molar-refractivity contribution in [1.82, 2.24) is 25.3 Å². The number of nitrogens with zero attached hydrogens (tertiary/aromatic N) is 5. The summed E-state index contributed by atoms with van der Waals surface area (Å²) in [4.78, 5) is 44.7. The number of carbonyl (C=O) groups is 2. The lowest BCUT2D eigenvalue weighted by molar-refractivity contribution is 0.0747. The van der Waals surface area contributed by atoms with Gasteiger partial charge in [-0.2, -0.15) is 9.97 Å². The zero-order valence-corrected chi connectivity index (χ0v) is 23.0. The standard InChI is InChI=1S/C29H31N9O3/c1-18-16-41-17-19(2)38(18)27-36-25(20-6-10-22(11-7-20)32-28(39)30-3)35-26(37-27)21-8-12-23(13-9-21)33-29(40)34-24-5-4-14-31-15-24/h4-15,18-19H,16-17H2,1-3H3,(H2,30,32,39)(H2,33,34,40). The van der Waals surface area contributed by atoms with E-state index in [0.29, 0.717) is 47.9 Å². The van der Waals surface area contributed by atoms with Crippen molar-refractivity contribution in [2.45, 2.75) is 25.9 Å². The molecule has 4 N–H and O–H groups in total. The van der Waals surface area contributed by atoms with E-state index in [0.717, 1.165) is 11.1 Å². The number of hydrogen-bond donors (Lipinski definition) is 4. The average Bonchev–Trinajstić information content (AvgIpc) is 2.98. The van der Waals surface area contributed by atoms with E-state index in [1.54, 1.807) is 55.8 Å². The second kappa shape index (κ2) is 12.4. The zero-order valence-electron chi connectivity index (χ0n) is 23.0. The third-order valence-electron chi connectivity index (χ3n) is 6.47. The van der Waals surface area contributed by atoms with Crippen LogP contribution in [-0.2, 0) is 4.74 Å². The minimum absolute atomic E-state index is 0.0749. The number of aromatic nitrogens is 4. The van der Waals surface area contributed by atoms with E-state index >= 15 is 0 Å². The summed E-state index contributed by atoms with van der Waals surface area (Å²) < 4.78 is 5.72. The van der Waals surface area contributed by atoms with Crippen LogP contribution in [-0.4, -0.2) is 64.3 Å². The van der Waals surface area contributed by atoms with Gasteiger partial charge in [0.15, 0.2) is 11.6 Å². The molecule has 2 atom stereocenters. The second-order valence-electron chi connectivity index (χ2n) is 9.61. The predicted molar refractivity (Wildman–Crippen MR) is 158 cm³/mol. The van der Waals surface area contributed by atoms with Crippen molar-refractivity contribution < 1.29 is 14.3 Å². The Kier molecular flexibility index (Phi) is 8.30. The van der Waals surface area contributed by atoms with Crippen molar-refractivity contribution in [3.63, 3.8) is 0 Å². The number of hydrogen-bond acceptors (Lipinski definition) is 8. The van der Waals surface area contributed by atoms with E-state index in [9.17, 15) is 9.59 Å². The van der Waals surface area contributed by atoms with Gasteiger partial charge in [0.05, 0.1) is 37.2 Å². The van der Waals surface area contributed by atoms with Gasteiger partial charge in [-0.1, -0.05) is 0 Å². The first-order valence-corrected chi connectivity index (χ1v) is 13.2. The normalized spacial score (nSPS) is 16.5. The Morgan fingerprint density at radius 2 is 1.29 bits per heavy atom. The van der Waals surface area contributed by atoms with Gasteiger partial charge in [-0.25, -0.2) is 14.6 Å². The molecule has 1 aliphatic heterocycles. The highest BCUT2D eigenvalue weighted by Gasteiger charge is 2.29. The number of ether oxygens (including phenoxy) is 1. The molecule has 0 radical (unpaired) electrons. The number of urea groups is 2. The van der Waals surface area contributed by atoms with E-state index in [-0.39, 0.29) is 24.1 Å². The molecular formula is C29H31N9O3. The predicted octanol–water partition coefficient (Wildman–Crippen LogP) is 4.61. The molecular weight excluding hydrogens is 522 g/mol. The van der Waals surface area contributed by atoms with Crippen LogP contribution in [0.5, 0.6) is 0 Å². The number of nitrogens with one attached hydrogen (secondary N) is 4. The summed E-state index contributed by atoms with van der Waals surface area (Å²) in [6.07, 6.45) is 3.21. The van der Waals surface area contributed by atoms with Crippen LogP contribution in [0.25, 0.3) is 22.8 Å². The minimum Gasteiger partial charge on any atom is -0.377 e. The third kappa shape index (κ3) is 6.73. The fourth-order valence-electron chi connectivity index (χ4n) is 4.47. The van der Waals surface area contributed by atoms with Crippen LogP contribution < -0.4 is 26.2 Å². The van der Waals surface area contributed by atoms with Crippen LogP contribution in [0.4, 0.5) is 32.6 Å². The minimum atomic E-state index is -0.375. The molecule has 0 saturated carbocycles. The number of morpholine rings is 1. The summed E-state index contributed by atoms with van der Waals surface area (Å²) in [5.41, 5.74) is 3.39. The van der Waals surface area contributed by atoms with Crippen LogP contribution in [0.3, 0.4) is 0 Å². The molecule has 12 heteroatoms. The molecule has 4 aromatic rings. The van der Waals surface area contributed by atoms with E-state index in [2.05, 4.69) is 45.0 Å². The molecule has 1 saturated heterocycles. The van der Waals surface area contributed by atoms with E-state index in [1.165, 1.54) is 0 Å². The van der Waals surface area contributed by atoms with Gasteiger partial charge in [0.25, 0.3) is 0 Å². The molecule has 210 valence electrons. The first-order valence-electron chi connectivity index (χ1n) is 13.2. The Morgan fingerprint density at radius 1 is 0.756 bits per heavy atom. The van der Waals surface area contributed by atoms with Crippen LogP contribution in [0.2, 0.25) is 0 Å². The first-order chi connectivity index (χ1) is 19.9. The van der Waals surface area contributed by atoms with Gasteiger partial charge in [-0.15, -0.1) is 0 Å². The first kappa shape index (κ1) is 27.5. The number of benzene rings is 2. The van der Waals surface area contributed by atoms with E-state index in [4.69, 9.17) is 19.7 Å². The Morgan fingerprint density at radius 3 is 1.80 bits per heavy atom. The monoisotopic (exact) mass is 553 g/mol. The summed E-state index contributed by atoms with van der Waals surface area (Å²) in [5.74, 6) is 1.55.